The molecule has 1 aliphatic rings. The van der Waals surface area contributed by atoms with E-state index in [1.807, 2.05) is 0 Å². The summed E-state index contributed by atoms with van der Waals surface area (Å²) in [7, 11) is 0. The number of amides is 4. The van der Waals surface area contributed by atoms with Gasteiger partial charge in [0.2, 0.25) is 23.6 Å². The van der Waals surface area contributed by atoms with Crippen LogP contribution in [-0.4, -0.2) is 117 Å². The van der Waals surface area contributed by atoms with Crippen molar-refractivity contribution in [2.75, 3.05) is 6.61 Å². The number of aliphatic hydroxyl groups excluding tert-OH is 4. The Balaban J connectivity index is 2.89. The standard InChI is InChI=1S/C21H36N4O12/c1-4-11(27)20(34)25-14-16(15(30)12(7-26)37-21(14)35)36-9(3)19(33)23-8(2)18(32)24-10(17(22)31)5-6-13(28)29/h8-12,14-16,21,26-27,30,35H,4-7H2,1-3H3,(H2,22,31)(H,23,33)(H,24,32)(H,25,34)(H,28,29)/t8-,9+,10+,11+,12?,14?,15?,16?,21?/m0/s1. The molecular weight excluding hydrogens is 500 g/mol. The van der Waals surface area contributed by atoms with Crippen molar-refractivity contribution in [2.24, 2.45) is 5.73 Å². The molecule has 1 saturated heterocycles. The molecule has 0 saturated carbocycles. The maximum Gasteiger partial charge on any atom is 0.303 e. The van der Waals surface area contributed by atoms with Crippen molar-refractivity contribution >= 4 is 29.6 Å². The largest absolute Gasteiger partial charge is 0.481 e. The fraction of sp³-hybridized carbons (Fsp3) is 0.762. The molecule has 1 aliphatic heterocycles. The highest BCUT2D eigenvalue weighted by atomic mass is 16.6. The van der Waals surface area contributed by atoms with Gasteiger partial charge in [-0.1, -0.05) is 6.92 Å². The molecule has 0 aliphatic carbocycles. The zero-order chi connectivity index (χ0) is 28.4. The van der Waals surface area contributed by atoms with E-state index in [0.29, 0.717) is 0 Å². The fourth-order valence-electron chi connectivity index (χ4n) is 3.39. The average Bonchev–Trinajstić information content (AvgIpc) is 2.84. The molecule has 0 radical (unpaired) electrons. The number of nitrogens with one attached hydrogen (secondary N) is 3. The van der Waals surface area contributed by atoms with Gasteiger partial charge in [-0.05, 0) is 26.7 Å². The molecule has 4 amide bonds. The van der Waals surface area contributed by atoms with Crippen LogP contribution in [0.1, 0.15) is 40.0 Å². The Morgan fingerprint density at radius 2 is 1.68 bits per heavy atom. The molecule has 1 rings (SSSR count). The summed E-state index contributed by atoms with van der Waals surface area (Å²) in [6.07, 6.45) is -9.63. The second-order valence-electron chi connectivity index (χ2n) is 8.57. The van der Waals surface area contributed by atoms with Crippen LogP contribution in [0.5, 0.6) is 0 Å². The summed E-state index contributed by atoms with van der Waals surface area (Å²) >= 11 is 0. The fourth-order valence-corrected chi connectivity index (χ4v) is 3.39. The zero-order valence-corrected chi connectivity index (χ0v) is 20.7. The van der Waals surface area contributed by atoms with Crippen molar-refractivity contribution in [1.82, 2.24) is 16.0 Å². The SMILES string of the molecule is CC[C@@H](O)C(=O)NC1C(O)OC(CO)C(O)C1O[C@H](C)C(=O)N[C@@H](C)C(=O)N[C@H](CCC(=O)O)C(N)=O. The quantitative estimate of drug-likeness (QED) is 0.102. The Kier molecular flexibility index (Phi) is 12.8. The van der Waals surface area contributed by atoms with Gasteiger partial charge in [0.05, 0.1) is 6.61 Å². The van der Waals surface area contributed by atoms with Crippen molar-refractivity contribution in [3.05, 3.63) is 0 Å². The van der Waals surface area contributed by atoms with E-state index in [1.165, 1.54) is 20.8 Å². The lowest BCUT2D eigenvalue weighted by molar-refractivity contribution is -0.266. The lowest BCUT2D eigenvalue weighted by Crippen LogP contribution is -2.66. The van der Waals surface area contributed by atoms with Gasteiger partial charge >= 0.3 is 5.97 Å². The molecule has 10 N–H and O–H groups in total. The van der Waals surface area contributed by atoms with Crippen LogP contribution in [0.2, 0.25) is 0 Å². The first kappa shape index (κ1) is 32.1. The summed E-state index contributed by atoms with van der Waals surface area (Å²) in [4.78, 5) is 59.4. The number of hydrogen-bond acceptors (Lipinski definition) is 11. The van der Waals surface area contributed by atoms with Gasteiger partial charge in [-0.25, -0.2) is 0 Å². The van der Waals surface area contributed by atoms with Crippen LogP contribution in [0.25, 0.3) is 0 Å². The monoisotopic (exact) mass is 536 g/mol. The highest BCUT2D eigenvalue weighted by Gasteiger charge is 2.47. The molecule has 0 aromatic rings. The molecule has 9 atom stereocenters. The molecule has 16 heteroatoms. The number of primary amides is 1. The smallest absolute Gasteiger partial charge is 0.303 e. The topological polar surface area (TPSA) is 267 Å². The van der Waals surface area contributed by atoms with Gasteiger partial charge in [0.1, 0.15) is 48.6 Å². The Morgan fingerprint density at radius 3 is 2.19 bits per heavy atom. The van der Waals surface area contributed by atoms with Gasteiger partial charge in [0.25, 0.3) is 0 Å². The van der Waals surface area contributed by atoms with E-state index >= 15 is 0 Å². The first-order chi connectivity index (χ1) is 17.2. The molecule has 0 spiro atoms. The summed E-state index contributed by atoms with van der Waals surface area (Å²) in [6.45, 7) is 3.34. The number of carbonyl (C=O) groups excluding carboxylic acids is 4. The normalized spacial score (nSPS) is 26.7. The molecule has 212 valence electrons. The van der Waals surface area contributed by atoms with E-state index < -0.39 is 97.6 Å². The van der Waals surface area contributed by atoms with Gasteiger partial charge < -0.3 is 56.7 Å². The molecule has 0 bridgehead atoms. The zero-order valence-electron chi connectivity index (χ0n) is 20.7. The predicted octanol–water partition coefficient (Wildman–Crippen LogP) is -4.57. The van der Waals surface area contributed by atoms with E-state index in [1.54, 1.807) is 0 Å². The first-order valence-corrected chi connectivity index (χ1v) is 11.6. The number of aliphatic hydroxyl groups is 4. The Morgan fingerprint density at radius 1 is 1.05 bits per heavy atom. The summed E-state index contributed by atoms with van der Waals surface area (Å²) in [5.74, 6) is -4.76. The Bertz CT molecular complexity index is 827. The number of hydrogen-bond donors (Lipinski definition) is 9. The van der Waals surface area contributed by atoms with Crippen LogP contribution >= 0.6 is 0 Å². The third-order valence-corrected chi connectivity index (χ3v) is 5.66. The molecule has 5 unspecified atom stereocenters. The lowest BCUT2D eigenvalue weighted by Gasteiger charge is -2.43. The Labute approximate surface area is 212 Å². The number of carboxylic acids is 1. The third kappa shape index (κ3) is 9.49. The molecular formula is C21H36N4O12. The highest BCUT2D eigenvalue weighted by Crippen LogP contribution is 2.24. The molecule has 0 aromatic carbocycles. The number of rotatable bonds is 14. The summed E-state index contributed by atoms with van der Waals surface area (Å²) in [6, 6.07) is -3.95. The number of carboxylic acid groups (broad SMARTS) is 1. The predicted molar refractivity (Wildman–Crippen MR) is 122 cm³/mol. The first-order valence-electron chi connectivity index (χ1n) is 11.6. The van der Waals surface area contributed by atoms with Crippen LogP contribution in [0.3, 0.4) is 0 Å². The van der Waals surface area contributed by atoms with Crippen LogP contribution in [0.4, 0.5) is 0 Å². The molecule has 1 fully saturated rings. The molecule has 1 heterocycles. The lowest BCUT2D eigenvalue weighted by atomic mass is 9.96. The van der Waals surface area contributed by atoms with Crippen LogP contribution in [-0.2, 0) is 33.4 Å². The van der Waals surface area contributed by atoms with E-state index in [4.69, 9.17) is 20.3 Å². The number of aliphatic carboxylic acids is 1. The average molecular weight is 537 g/mol. The summed E-state index contributed by atoms with van der Waals surface area (Å²) in [5.41, 5.74) is 5.18. The highest BCUT2D eigenvalue weighted by molar-refractivity contribution is 5.92. The second kappa shape index (κ2) is 14.7. The van der Waals surface area contributed by atoms with Crippen molar-refractivity contribution in [2.45, 2.75) is 95.0 Å². The van der Waals surface area contributed by atoms with Crippen molar-refractivity contribution in [3.63, 3.8) is 0 Å². The van der Waals surface area contributed by atoms with Crippen LogP contribution in [0, 0.1) is 0 Å². The third-order valence-electron chi connectivity index (χ3n) is 5.66. The number of ether oxygens (including phenoxy) is 2. The second-order valence-corrected chi connectivity index (χ2v) is 8.57. The van der Waals surface area contributed by atoms with Crippen molar-refractivity contribution in [1.29, 1.82) is 0 Å². The van der Waals surface area contributed by atoms with Gasteiger partial charge in [0.15, 0.2) is 6.29 Å². The summed E-state index contributed by atoms with van der Waals surface area (Å²) in [5, 5.41) is 55.6. The van der Waals surface area contributed by atoms with E-state index in [-0.39, 0.29) is 12.8 Å². The maximum absolute atomic E-state index is 12.7. The number of carbonyl (C=O) groups is 5. The molecule has 0 aromatic heterocycles. The van der Waals surface area contributed by atoms with Gasteiger partial charge in [-0.3, -0.25) is 24.0 Å². The van der Waals surface area contributed by atoms with Crippen LogP contribution in [0.15, 0.2) is 0 Å². The van der Waals surface area contributed by atoms with Gasteiger partial charge in [-0.15, -0.1) is 0 Å². The Hall–Kier alpha value is -2.89. The van der Waals surface area contributed by atoms with Gasteiger partial charge in [0, 0.05) is 6.42 Å². The maximum atomic E-state index is 12.7. The molecule has 37 heavy (non-hydrogen) atoms. The number of nitrogens with two attached hydrogens (primary N) is 1. The van der Waals surface area contributed by atoms with Crippen LogP contribution < -0.4 is 21.7 Å². The minimum atomic E-state index is -1.77. The van der Waals surface area contributed by atoms with Gasteiger partial charge in [-0.2, -0.15) is 0 Å². The van der Waals surface area contributed by atoms with Crippen molar-refractivity contribution in [3.8, 4) is 0 Å². The van der Waals surface area contributed by atoms with E-state index in [0.717, 1.165) is 0 Å². The molecule has 16 nitrogen and oxygen atoms in total. The van der Waals surface area contributed by atoms with E-state index in [9.17, 15) is 44.4 Å². The minimum Gasteiger partial charge on any atom is -0.481 e. The van der Waals surface area contributed by atoms with E-state index in [2.05, 4.69) is 16.0 Å². The van der Waals surface area contributed by atoms with Crippen molar-refractivity contribution < 1.29 is 59.0 Å². The minimum absolute atomic E-state index is 0.0501. The summed E-state index contributed by atoms with van der Waals surface area (Å²) < 4.78 is 10.7.